The normalized spacial score (nSPS) is 30.4. The van der Waals surface area contributed by atoms with Crippen LogP contribution in [0.25, 0.3) is 0 Å². The van der Waals surface area contributed by atoms with Gasteiger partial charge in [0.25, 0.3) is 5.56 Å². The van der Waals surface area contributed by atoms with Gasteiger partial charge in [-0.25, -0.2) is 4.98 Å². The second-order valence-corrected chi connectivity index (χ2v) is 9.82. The van der Waals surface area contributed by atoms with Crippen LogP contribution in [0.3, 0.4) is 0 Å². The van der Waals surface area contributed by atoms with Crippen LogP contribution in [0.4, 0.5) is 5.69 Å². The molecule has 2 aromatic rings. The number of anilines is 1. The van der Waals surface area contributed by atoms with Crippen molar-refractivity contribution in [2.45, 2.75) is 49.1 Å². The summed E-state index contributed by atoms with van der Waals surface area (Å²) in [6.07, 6.45) is 9.85. The first-order valence-electron chi connectivity index (χ1n) is 10.2. The van der Waals surface area contributed by atoms with E-state index in [4.69, 9.17) is 0 Å². The van der Waals surface area contributed by atoms with Gasteiger partial charge in [0.05, 0.1) is 5.75 Å². The second kappa shape index (κ2) is 7.07. The molecule has 0 atom stereocenters. The minimum atomic E-state index is -0.210. The Morgan fingerprint density at radius 1 is 1.07 bits per heavy atom. The molecule has 1 aromatic carbocycles. The molecule has 5 nitrogen and oxygen atoms in total. The molecule has 0 spiro atoms. The molecule has 4 fully saturated rings. The Kier molecular flexibility index (Phi) is 4.54. The first kappa shape index (κ1) is 18.0. The molecule has 4 aliphatic rings. The lowest BCUT2D eigenvalue weighted by atomic mass is 9.48. The van der Waals surface area contributed by atoms with Gasteiger partial charge in [0.15, 0.2) is 5.16 Å². The van der Waals surface area contributed by atoms with Gasteiger partial charge >= 0.3 is 0 Å². The van der Waals surface area contributed by atoms with Crippen LogP contribution in [0.1, 0.15) is 44.1 Å². The minimum absolute atomic E-state index is 0.0981. The van der Waals surface area contributed by atoms with Crippen molar-refractivity contribution < 1.29 is 4.79 Å². The van der Waals surface area contributed by atoms with E-state index in [1.54, 1.807) is 0 Å². The van der Waals surface area contributed by atoms with Crippen LogP contribution in [0.15, 0.2) is 46.5 Å². The quantitative estimate of drug-likeness (QED) is 0.593. The van der Waals surface area contributed by atoms with Crippen LogP contribution in [-0.4, -0.2) is 21.6 Å². The molecule has 0 aliphatic heterocycles. The standard InChI is InChI=1S/C22H25N3O2S/c26-19-5-6-23-21(25-19)28-13-20(27)24-18-3-1-17(2-4-18)22-10-14-7-15(11-22)9-16(8-14)12-22/h1-6,14-16H,7-13H2,(H,24,27)(H,23,25,26). The maximum Gasteiger partial charge on any atom is 0.251 e. The second-order valence-electron chi connectivity index (χ2n) is 8.85. The van der Waals surface area contributed by atoms with Crippen molar-refractivity contribution in [2.24, 2.45) is 17.8 Å². The number of amides is 1. The number of carbonyl (C=O) groups is 1. The van der Waals surface area contributed by atoms with Gasteiger partial charge in [0.1, 0.15) is 0 Å². The highest BCUT2D eigenvalue weighted by molar-refractivity contribution is 7.99. The lowest BCUT2D eigenvalue weighted by molar-refractivity contribution is -0.113. The minimum Gasteiger partial charge on any atom is -0.325 e. The van der Waals surface area contributed by atoms with E-state index >= 15 is 0 Å². The van der Waals surface area contributed by atoms with Gasteiger partial charge in [-0.1, -0.05) is 23.9 Å². The summed E-state index contributed by atoms with van der Waals surface area (Å²) in [5.74, 6) is 2.91. The Morgan fingerprint density at radius 3 is 2.32 bits per heavy atom. The molecule has 1 heterocycles. The maximum absolute atomic E-state index is 12.2. The van der Waals surface area contributed by atoms with Crippen LogP contribution in [-0.2, 0) is 10.2 Å². The SMILES string of the molecule is O=C(CSc1nccc(=O)[nH]1)Nc1ccc(C23CC4CC(CC(C4)C2)C3)cc1. The third-order valence-corrected chi connectivity index (χ3v) is 7.69. The molecule has 6 heteroatoms. The summed E-state index contributed by atoms with van der Waals surface area (Å²) in [6.45, 7) is 0. The molecule has 1 amide bonds. The summed E-state index contributed by atoms with van der Waals surface area (Å²) in [5, 5.41) is 3.41. The zero-order valence-electron chi connectivity index (χ0n) is 15.8. The van der Waals surface area contributed by atoms with E-state index in [1.807, 2.05) is 12.1 Å². The molecule has 0 saturated heterocycles. The summed E-state index contributed by atoms with van der Waals surface area (Å²) < 4.78 is 0. The van der Waals surface area contributed by atoms with E-state index in [1.165, 1.54) is 68.1 Å². The predicted octanol–water partition coefficient (Wildman–Crippen LogP) is 3.97. The van der Waals surface area contributed by atoms with Gasteiger partial charge in [-0.05, 0) is 79.4 Å². The monoisotopic (exact) mass is 395 g/mol. The fourth-order valence-electron chi connectivity index (χ4n) is 6.13. The van der Waals surface area contributed by atoms with Crippen LogP contribution >= 0.6 is 11.8 Å². The summed E-state index contributed by atoms with van der Waals surface area (Å²) in [5.41, 5.74) is 2.47. The molecular weight excluding hydrogens is 370 g/mol. The molecule has 6 rings (SSSR count). The van der Waals surface area contributed by atoms with Crippen molar-refractivity contribution in [2.75, 3.05) is 11.1 Å². The van der Waals surface area contributed by atoms with E-state index in [9.17, 15) is 9.59 Å². The van der Waals surface area contributed by atoms with Gasteiger partial charge in [-0.15, -0.1) is 0 Å². The number of carbonyl (C=O) groups excluding carboxylic acids is 1. The zero-order valence-corrected chi connectivity index (χ0v) is 16.6. The van der Waals surface area contributed by atoms with Crippen LogP contribution in [0.2, 0.25) is 0 Å². The number of aromatic amines is 1. The Hall–Kier alpha value is -2.08. The van der Waals surface area contributed by atoms with Crippen molar-refractivity contribution in [3.8, 4) is 0 Å². The Labute approximate surface area is 168 Å². The molecule has 1 aromatic heterocycles. The Morgan fingerprint density at radius 2 is 1.71 bits per heavy atom. The topological polar surface area (TPSA) is 74.8 Å². The van der Waals surface area contributed by atoms with Gasteiger partial charge < -0.3 is 10.3 Å². The maximum atomic E-state index is 12.2. The summed E-state index contributed by atoms with van der Waals surface area (Å²) >= 11 is 1.22. The fraction of sp³-hybridized carbons (Fsp3) is 0.500. The lowest BCUT2D eigenvalue weighted by Crippen LogP contribution is -2.48. The van der Waals surface area contributed by atoms with E-state index in [2.05, 4.69) is 27.4 Å². The van der Waals surface area contributed by atoms with Crippen LogP contribution in [0, 0.1) is 17.8 Å². The average Bonchev–Trinajstić information content (AvgIpc) is 2.66. The molecule has 28 heavy (non-hydrogen) atoms. The summed E-state index contributed by atoms with van der Waals surface area (Å²) in [4.78, 5) is 30.2. The number of aromatic nitrogens is 2. The van der Waals surface area contributed by atoms with E-state index in [0.717, 1.165) is 23.4 Å². The number of benzene rings is 1. The smallest absolute Gasteiger partial charge is 0.251 e. The van der Waals surface area contributed by atoms with E-state index in [-0.39, 0.29) is 17.2 Å². The molecule has 4 saturated carbocycles. The fourth-order valence-corrected chi connectivity index (χ4v) is 6.78. The first-order chi connectivity index (χ1) is 13.6. The molecule has 146 valence electrons. The number of nitrogens with zero attached hydrogens (tertiary/aromatic N) is 1. The number of H-pyrrole nitrogens is 1. The number of nitrogens with one attached hydrogen (secondary N) is 2. The average molecular weight is 396 g/mol. The highest BCUT2D eigenvalue weighted by atomic mass is 32.2. The number of hydrogen-bond acceptors (Lipinski definition) is 4. The van der Waals surface area contributed by atoms with Gasteiger partial charge in [0.2, 0.25) is 5.91 Å². The predicted molar refractivity (Wildman–Crippen MR) is 111 cm³/mol. The summed E-state index contributed by atoms with van der Waals surface area (Å²) in [7, 11) is 0. The van der Waals surface area contributed by atoms with Crippen molar-refractivity contribution in [1.29, 1.82) is 0 Å². The van der Waals surface area contributed by atoms with Crippen molar-refractivity contribution in [1.82, 2.24) is 9.97 Å². The number of rotatable bonds is 5. The molecular formula is C22H25N3O2S. The lowest BCUT2D eigenvalue weighted by Gasteiger charge is -2.57. The van der Waals surface area contributed by atoms with Gasteiger partial charge in [-0.2, -0.15) is 0 Å². The third-order valence-electron chi connectivity index (χ3n) is 6.81. The van der Waals surface area contributed by atoms with E-state index < -0.39 is 0 Å². The third kappa shape index (κ3) is 3.50. The van der Waals surface area contributed by atoms with Crippen molar-refractivity contribution in [3.05, 3.63) is 52.4 Å². The Balaban J connectivity index is 1.22. The largest absolute Gasteiger partial charge is 0.325 e. The van der Waals surface area contributed by atoms with E-state index in [0.29, 0.717) is 10.6 Å². The molecule has 0 radical (unpaired) electrons. The molecule has 2 N–H and O–H groups in total. The Bertz CT molecular complexity index is 902. The zero-order chi connectivity index (χ0) is 19.1. The van der Waals surface area contributed by atoms with Gasteiger partial charge in [0, 0.05) is 18.0 Å². The number of hydrogen-bond donors (Lipinski definition) is 2. The number of thioether (sulfide) groups is 1. The molecule has 0 unspecified atom stereocenters. The summed E-state index contributed by atoms with van der Waals surface area (Å²) in [6, 6.07) is 9.89. The van der Waals surface area contributed by atoms with Crippen molar-refractivity contribution >= 4 is 23.4 Å². The van der Waals surface area contributed by atoms with Crippen molar-refractivity contribution in [3.63, 3.8) is 0 Å². The highest BCUT2D eigenvalue weighted by Gasteiger charge is 2.51. The van der Waals surface area contributed by atoms with Crippen LogP contribution < -0.4 is 10.9 Å². The van der Waals surface area contributed by atoms with Gasteiger partial charge in [-0.3, -0.25) is 9.59 Å². The first-order valence-corrected chi connectivity index (χ1v) is 11.2. The molecule has 4 aliphatic carbocycles. The van der Waals surface area contributed by atoms with Crippen LogP contribution in [0.5, 0.6) is 0 Å². The molecule has 4 bridgehead atoms. The highest BCUT2D eigenvalue weighted by Crippen LogP contribution is 2.60.